The van der Waals surface area contributed by atoms with Crippen LogP contribution in [0.15, 0.2) is 29.1 Å². The summed E-state index contributed by atoms with van der Waals surface area (Å²) in [5.74, 6) is -2.07. The Labute approximate surface area is 136 Å². The number of benzene rings is 1. The van der Waals surface area contributed by atoms with Crippen LogP contribution >= 0.6 is 0 Å². The zero-order valence-corrected chi connectivity index (χ0v) is 12.6. The number of fused-ring (bicyclic) bond motifs is 1. The van der Waals surface area contributed by atoms with Crippen molar-refractivity contribution in [3.8, 4) is 5.88 Å². The van der Waals surface area contributed by atoms with E-state index in [2.05, 4.69) is 4.98 Å². The van der Waals surface area contributed by atoms with Crippen LogP contribution in [-0.2, 0) is 13.2 Å². The molecule has 0 unspecified atom stereocenters. The van der Waals surface area contributed by atoms with Crippen LogP contribution in [0.25, 0.3) is 0 Å². The summed E-state index contributed by atoms with van der Waals surface area (Å²) in [5.41, 5.74) is -1.54. The average Bonchev–Trinajstić information content (AvgIpc) is 2.79. The molecule has 0 atom stereocenters. The number of ether oxygens (including phenoxy) is 1. The summed E-state index contributed by atoms with van der Waals surface area (Å²) in [6.45, 7) is 0.742. The number of anilines is 1. The van der Waals surface area contributed by atoms with Crippen molar-refractivity contribution < 1.29 is 17.6 Å². The number of hydrogen-bond acceptors (Lipinski definition) is 4. The molecule has 1 aromatic heterocycles. The number of hydrogen-bond donors (Lipinski definition) is 0. The largest absolute Gasteiger partial charge is 0.472 e. The zero-order chi connectivity index (χ0) is 19.3. The van der Waals surface area contributed by atoms with Crippen molar-refractivity contribution >= 4 is 5.82 Å². The van der Waals surface area contributed by atoms with Crippen LogP contribution in [0, 0.1) is 11.6 Å². The Hall–Kier alpha value is -2.44. The standard InChI is InChI=1S/C16H17F2N3O2/c1-16(2)9-21-13(20(16)3)7-12(19-15(21)22)23-8-10-5-4-6-11(17)14(10)18/h4-7H,8-9H2,1-3H3/i3D3. The molecular weight excluding hydrogens is 304 g/mol. The molecule has 1 aliphatic rings. The summed E-state index contributed by atoms with van der Waals surface area (Å²) in [6.07, 6.45) is 0. The van der Waals surface area contributed by atoms with E-state index in [4.69, 9.17) is 8.85 Å². The van der Waals surface area contributed by atoms with Crippen molar-refractivity contribution in [1.29, 1.82) is 0 Å². The first kappa shape index (κ1) is 12.0. The Morgan fingerprint density at radius 2 is 2.22 bits per heavy atom. The molecule has 0 amide bonds. The third-order valence-electron chi connectivity index (χ3n) is 3.75. The zero-order valence-electron chi connectivity index (χ0n) is 15.6. The molecule has 23 heavy (non-hydrogen) atoms. The normalized spacial score (nSPS) is 18.1. The third kappa shape index (κ3) is 2.67. The Balaban J connectivity index is 1.94. The van der Waals surface area contributed by atoms with Gasteiger partial charge in [-0.2, -0.15) is 4.98 Å². The molecule has 0 fully saturated rings. The van der Waals surface area contributed by atoms with Crippen LogP contribution in [0.4, 0.5) is 14.6 Å². The van der Waals surface area contributed by atoms with Gasteiger partial charge in [-0.25, -0.2) is 13.6 Å². The molecule has 0 N–H and O–H groups in total. The molecule has 1 aromatic carbocycles. The number of nitrogens with zero attached hydrogens (tertiary/aromatic N) is 3. The molecule has 0 spiro atoms. The van der Waals surface area contributed by atoms with Gasteiger partial charge >= 0.3 is 5.69 Å². The molecule has 0 saturated heterocycles. The van der Waals surface area contributed by atoms with E-state index in [0.717, 1.165) is 11.0 Å². The van der Waals surface area contributed by atoms with Gasteiger partial charge < -0.3 is 9.64 Å². The molecule has 0 bridgehead atoms. The van der Waals surface area contributed by atoms with Crippen LogP contribution in [0.2, 0.25) is 0 Å². The quantitative estimate of drug-likeness (QED) is 0.869. The van der Waals surface area contributed by atoms with Crippen molar-refractivity contribution in [3.63, 3.8) is 0 Å². The summed E-state index contributed by atoms with van der Waals surface area (Å²) in [6, 6.07) is 4.98. The molecule has 2 aromatic rings. The first-order valence-corrected chi connectivity index (χ1v) is 6.98. The van der Waals surface area contributed by atoms with Gasteiger partial charge in [0.15, 0.2) is 11.6 Å². The van der Waals surface area contributed by atoms with E-state index in [1.165, 1.54) is 22.8 Å². The minimum absolute atomic E-state index is 0.0413. The van der Waals surface area contributed by atoms with Crippen molar-refractivity contribution in [2.24, 2.45) is 0 Å². The molecule has 2 heterocycles. The lowest BCUT2D eigenvalue weighted by Crippen LogP contribution is -2.38. The van der Waals surface area contributed by atoms with Gasteiger partial charge in [0.2, 0.25) is 5.88 Å². The molecule has 122 valence electrons. The SMILES string of the molecule is [2H]C([2H])([2H])N1c2cc(OCc3cccc(F)c3F)nc(=O)n2CC1(C)C. The summed E-state index contributed by atoms with van der Waals surface area (Å²) < 4.78 is 56.7. The maximum atomic E-state index is 13.7. The van der Waals surface area contributed by atoms with Gasteiger partial charge in [-0.05, 0) is 19.9 Å². The third-order valence-corrected chi connectivity index (χ3v) is 3.75. The lowest BCUT2D eigenvalue weighted by Gasteiger charge is -2.28. The van der Waals surface area contributed by atoms with E-state index < -0.39 is 29.8 Å². The van der Waals surface area contributed by atoms with Crippen molar-refractivity contribution in [2.75, 3.05) is 11.9 Å². The molecular formula is C16H17F2N3O2. The second kappa shape index (κ2) is 5.33. The van der Waals surface area contributed by atoms with E-state index in [1.807, 2.05) is 0 Å². The lowest BCUT2D eigenvalue weighted by atomic mass is 10.1. The van der Waals surface area contributed by atoms with E-state index in [9.17, 15) is 13.6 Å². The van der Waals surface area contributed by atoms with Crippen molar-refractivity contribution in [2.45, 2.75) is 32.5 Å². The summed E-state index contributed by atoms with van der Waals surface area (Å²) >= 11 is 0. The number of halogens is 2. The highest BCUT2D eigenvalue weighted by Crippen LogP contribution is 2.31. The highest BCUT2D eigenvalue weighted by molar-refractivity contribution is 5.47. The van der Waals surface area contributed by atoms with Crippen LogP contribution in [0.5, 0.6) is 5.88 Å². The maximum Gasteiger partial charge on any atom is 0.352 e. The fourth-order valence-electron chi connectivity index (χ4n) is 2.46. The van der Waals surface area contributed by atoms with E-state index in [-0.39, 0.29) is 30.4 Å². The second-order valence-corrected chi connectivity index (χ2v) is 5.97. The monoisotopic (exact) mass is 324 g/mol. The fraction of sp³-hybridized carbons (Fsp3) is 0.375. The fourth-order valence-corrected chi connectivity index (χ4v) is 2.46. The predicted molar refractivity (Wildman–Crippen MR) is 81.7 cm³/mol. The van der Waals surface area contributed by atoms with Crippen molar-refractivity contribution in [1.82, 2.24) is 9.55 Å². The molecule has 3 rings (SSSR count). The summed E-state index contributed by atoms with van der Waals surface area (Å²) in [7, 11) is 0. The predicted octanol–water partition coefficient (Wildman–Crippen LogP) is 2.33. The average molecular weight is 324 g/mol. The summed E-state index contributed by atoms with van der Waals surface area (Å²) in [5, 5.41) is 0. The van der Waals surface area contributed by atoms with Crippen molar-refractivity contribution in [3.05, 3.63) is 51.9 Å². The molecule has 0 radical (unpaired) electrons. The van der Waals surface area contributed by atoms with Gasteiger partial charge in [0.25, 0.3) is 0 Å². The highest BCUT2D eigenvalue weighted by atomic mass is 19.2. The van der Waals surface area contributed by atoms with Crippen LogP contribution < -0.4 is 15.3 Å². The van der Waals surface area contributed by atoms with Crippen LogP contribution in [0.1, 0.15) is 23.5 Å². The summed E-state index contributed by atoms with van der Waals surface area (Å²) in [4.78, 5) is 17.2. The molecule has 0 aliphatic carbocycles. The van der Waals surface area contributed by atoms with Gasteiger partial charge in [0.05, 0.1) is 12.1 Å². The first-order valence-electron chi connectivity index (χ1n) is 8.48. The Morgan fingerprint density at radius 3 is 2.96 bits per heavy atom. The minimum Gasteiger partial charge on any atom is -0.472 e. The van der Waals surface area contributed by atoms with Crippen LogP contribution in [-0.4, -0.2) is 22.1 Å². The molecule has 1 aliphatic heterocycles. The van der Waals surface area contributed by atoms with Gasteiger partial charge in [-0.1, -0.05) is 12.1 Å². The Kier molecular flexibility index (Phi) is 2.79. The van der Waals surface area contributed by atoms with Gasteiger partial charge in [-0.15, -0.1) is 0 Å². The van der Waals surface area contributed by atoms with Crippen LogP contribution in [0.3, 0.4) is 0 Å². The highest BCUT2D eigenvalue weighted by Gasteiger charge is 2.34. The minimum atomic E-state index is -2.47. The Bertz CT molecular complexity index is 913. The molecule has 7 heteroatoms. The van der Waals surface area contributed by atoms with Gasteiger partial charge in [-0.3, -0.25) is 4.57 Å². The van der Waals surface area contributed by atoms with E-state index in [0.29, 0.717) is 0 Å². The number of rotatable bonds is 3. The number of likely N-dealkylation sites (N-methyl/N-ethyl adjacent to an activating group) is 1. The maximum absolute atomic E-state index is 13.7. The molecule has 0 saturated carbocycles. The molecule has 5 nitrogen and oxygen atoms in total. The number of aromatic nitrogens is 2. The second-order valence-electron chi connectivity index (χ2n) is 5.97. The first-order chi connectivity index (χ1) is 12.0. The topological polar surface area (TPSA) is 47.4 Å². The van der Waals surface area contributed by atoms with Gasteiger partial charge in [0, 0.05) is 22.7 Å². The van der Waals surface area contributed by atoms with E-state index >= 15 is 0 Å². The Morgan fingerprint density at radius 1 is 1.43 bits per heavy atom. The lowest BCUT2D eigenvalue weighted by molar-refractivity contribution is 0.283. The van der Waals surface area contributed by atoms with E-state index in [1.54, 1.807) is 13.8 Å². The smallest absolute Gasteiger partial charge is 0.352 e. The van der Waals surface area contributed by atoms with Gasteiger partial charge in [0.1, 0.15) is 12.4 Å².